The number of hydrogen-bond acceptors (Lipinski definition) is 2. The van der Waals surface area contributed by atoms with Gasteiger partial charge in [0.1, 0.15) is 0 Å². The predicted octanol–water partition coefficient (Wildman–Crippen LogP) is 7.14. The normalized spacial score (nSPS) is 10.4. The molecule has 0 aliphatic rings. The largest absolute Gasteiger partial charge is 0.162 e. The Kier molecular flexibility index (Phi) is 13.9. The Bertz CT molecular complexity index is 384. The molecule has 0 radical (unpaired) electrons. The molecule has 1 aromatic rings. The predicted molar refractivity (Wildman–Crippen MR) is 105 cm³/mol. The summed E-state index contributed by atoms with van der Waals surface area (Å²) in [5, 5.41) is 2.09. The lowest BCUT2D eigenvalue weighted by Gasteiger charge is -2.02. The molecular formula is C20H32S2. The van der Waals surface area contributed by atoms with Gasteiger partial charge < -0.3 is 0 Å². The Hall–Kier alpha value is -0.390. The summed E-state index contributed by atoms with van der Waals surface area (Å²) in [6, 6.07) is 4.17. The van der Waals surface area contributed by atoms with Crippen molar-refractivity contribution in [2.45, 2.75) is 77.6 Å². The van der Waals surface area contributed by atoms with E-state index in [-0.39, 0.29) is 0 Å². The number of thiophene rings is 1. The number of hydrogen-bond donors (Lipinski definition) is 0. The van der Waals surface area contributed by atoms with Crippen LogP contribution in [0, 0.1) is 11.8 Å². The van der Waals surface area contributed by atoms with Crippen molar-refractivity contribution in [1.29, 1.82) is 0 Å². The van der Waals surface area contributed by atoms with Crippen LogP contribution >= 0.6 is 23.1 Å². The zero-order valence-corrected chi connectivity index (χ0v) is 15.9. The zero-order valence-electron chi connectivity index (χ0n) is 14.2. The van der Waals surface area contributed by atoms with Crippen molar-refractivity contribution in [3.05, 3.63) is 22.4 Å². The van der Waals surface area contributed by atoms with E-state index in [2.05, 4.69) is 48.0 Å². The van der Waals surface area contributed by atoms with Gasteiger partial charge in [0.05, 0.1) is 4.88 Å². The maximum absolute atomic E-state index is 3.29. The lowest BCUT2D eigenvalue weighted by atomic mass is 10.1. The molecule has 0 bridgehead atoms. The molecule has 0 spiro atoms. The lowest BCUT2D eigenvalue weighted by Crippen LogP contribution is -1.84. The summed E-state index contributed by atoms with van der Waals surface area (Å²) in [5.74, 6) is 9.17. The number of thioether (sulfide) groups is 1. The summed E-state index contributed by atoms with van der Waals surface area (Å²) in [6.07, 6.45) is 15.1. The quantitative estimate of drug-likeness (QED) is 0.272. The van der Waals surface area contributed by atoms with Crippen molar-refractivity contribution in [3.8, 4) is 11.8 Å². The summed E-state index contributed by atoms with van der Waals surface area (Å²) in [7, 11) is 0. The van der Waals surface area contributed by atoms with Crippen LogP contribution in [0.3, 0.4) is 0 Å². The van der Waals surface area contributed by atoms with Crippen LogP contribution in [0.4, 0.5) is 0 Å². The molecule has 0 saturated heterocycles. The third kappa shape index (κ3) is 12.2. The second-order valence-corrected chi connectivity index (χ2v) is 8.10. The average molecular weight is 337 g/mol. The summed E-state index contributed by atoms with van der Waals surface area (Å²) >= 11 is 3.82. The van der Waals surface area contributed by atoms with Crippen molar-refractivity contribution >= 4 is 23.1 Å². The van der Waals surface area contributed by atoms with Gasteiger partial charge in [-0.3, -0.25) is 0 Å². The van der Waals surface area contributed by atoms with E-state index in [1.165, 1.54) is 80.6 Å². The molecule has 124 valence electrons. The van der Waals surface area contributed by atoms with E-state index in [1.807, 2.05) is 0 Å². The molecule has 0 unspecified atom stereocenters. The van der Waals surface area contributed by atoms with Crippen LogP contribution < -0.4 is 0 Å². The van der Waals surface area contributed by atoms with Gasteiger partial charge in [0.2, 0.25) is 0 Å². The molecule has 0 saturated carbocycles. The van der Waals surface area contributed by atoms with Crippen LogP contribution in [0.5, 0.6) is 0 Å². The summed E-state index contributed by atoms with van der Waals surface area (Å²) in [6.45, 7) is 2.25. The minimum absolute atomic E-state index is 1.06. The molecule has 0 aromatic carbocycles. The van der Waals surface area contributed by atoms with Crippen molar-refractivity contribution in [3.63, 3.8) is 0 Å². The first-order chi connectivity index (χ1) is 10.9. The first-order valence-corrected chi connectivity index (χ1v) is 11.1. The van der Waals surface area contributed by atoms with Gasteiger partial charge in [-0.1, -0.05) is 76.2 Å². The van der Waals surface area contributed by atoms with E-state index in [4.69, 9.17) is 0 Å². The Morgan fingerprint density at radius 2 is 1.55 bits per heavy atom. The minimum Gasteiger partial charge on any atom is -0.162 e. The maximum Gasteiger partial charge on any atom is 0.0768 e. The molecule has 0 N–H and O–H groups in total. The highest BCUT2D eigenvalue weighted by atomic mass is 32.2. The molecule has 0 amide bonds. The van der Waals surface area contributed by atoms with Crippen LogP contribution in [-0.2, 0) is 0 Å². The van der Waals surface area contributed by atoms with E-state index in [0.29, 0.717) is 0 Å². The van der Waals surface area contributed by atoms with Crippen LogP contribution in [0.25, 0.3) is 0 Å². The van der Waals surface area contributed by atoms with Crippen LogP contribution in [-0.4, -0.2) is 11.5 Å². The molecule has 0 nitrogen and oxygen atoms in total. The highest BCUT2D eigenvalue weighted by Crippen LogP contribution is 2.12. The molecule has 2 heteroatoms. The van der Waals surface area contributed by atoms with Gasteiger partial charge in [0.25, 0.3) is 0 Å². The third-order valence-corrected chi connectivity index (χ3v) is 5.55. The summed E-state index contributed by atoms with van der Waals surface area (Å²) < 4.78 is 0. The fourth-order valence-corrected chi connectivity index (χ4v) is 3.76. The standard InChI is InChI=1S/C20H32S2/c1-2-21-18-14-12-10-8-6-4-3-5-7-9-11-13-16-20-17-15-19-22-20/h15,17,19H,2-12,14,18H2,1H3. The van der Waals surface area contributed by atoms with Crippen LogP contribution in [0.2, 0.25) is 0 Å². The summed E-state index contributed by atoms with van der Waals surface area (Å²) in [5.41, 5.74) is 0. The molecule has 1 aromatic heterocycles. The van der Waals surface area contributed by atoms with E-state index in [9.17, 15) is 0 Å². The average Bonchev–Trinajstić information content (AvgIpc) is 3.04. The Labute approximate surface area is 146 Å². The van der Waals surface area contributed by atoms with E-state index in [0.717, 1.165) is 6.42 Å². The second-order valence-electron chi connectivity index (χ2n) is 5.76. The van der Waals surface area contributed by atoms with Gasteiger partial charge in [-0.25, -0.2) is 0 Å². The van der Waals surface area contributed by atoms with Crippen molar-refractivity contribution in [1.82, 2.24) is 0 Å². The van der Waals surface area contributed by atoms with E-state index >= 15 is 0 Å². The van der Waals surface area contributed by atoms with Gasteiger partial charge in [-0.2, -0.15) is 11.8 Å². The fourth-order valence-electron chi connectivity index (χ4n) is 2.48. The zero-order chi connectivity index (χ0) is 15.7. The molecule has 0 atom stereocenters. The number of rotatable bonds is 13. The molecule has 0 aliphatic heterocycles. The molecule has 1 rings (SSSR count). The Balaban J connectivity index is 1.75. The van der Waals surface area contributed by atoms with Gasteiger partial charge in [0.15, 0.2) is 0 Å². The molecular weight excluding hydrogens is 304 g/mol. The first kappa shape index (κ1) is 19.7. The fraction of sp³-hybridized carbons (Fsp3) is 0.700. The van der Waals surface area contributed by atoms with E-state index in [1.54, 1.807) is 11.3 Å². The smallest absolute Gasteiger partial charge is 0.0768 e. The Morgan fingerprint density at radius 1 is 0.909 bits per heavy atom. The highest BCUT2D eigenvalue weighted by molar-refractivity contribution is 7.99. The lowest BCUT2D eigenvalue weighted by molar-refractivity contribution is 0.559. The molecule has 1 heterocycles. The summed E-state index contributed by atoms with van der Waals surface area (Å²) in [4.78, 5) is 1.20. The maximum atomic E-state index is 3.29. The van der Waals surface area contributed by atoms with Gasteiger partial charge in [-0.15, -0.1) is 11.3 Å². The van der Waals surface area contributed by atoms with Gasteiger partial charge >= 0.3 is 0 Å². The Morgan fingerprint density at radius 3 is 2.14 bits per heavy atom. The van der Waals surface area contributed by atoms with Gasteiger partial charge in [0, 0.05) is 6.42 Å². The van der Waals surface area contributed by atoms with Gasteiger partial charge in [-0.05, 0) is 35.8 Å². The van der Waals surface area contributed by atoms with E-state index < -0.39 is 0 Å². The van der Waals surface area contributed by atoms with Crippen molar-refractivity contribution < 1.29 is 0 Å². The van der Waals surface area contributed by atoms with Crippen molar-refractivity contribution in [2.75, 3.05) is 11.5 Å². The second kappa shape index (κ2) is 15.5. The minimum atomic E-state index is 1.06. The molecule has 22 heavy (non-hydrogen) atoms. The highest BCUT2D eigenvalue weighted by Gasteiger charge is 1.93. The monoisotopic (exact) mass is 336 g/mol. The third-order valence-electron chi connectivity index (χ3n) is 3.78. The molecule has 0 fully saturated rings. The first-order valence-electron chi connectivity index (χ1n) is 9.03. The molecule has 0 aliphatic carbocycles. The SMILES string of the molecule is CCSCCCCCCCCCCCCC#Cc1cccs1. The van der Waals surface area contributed by atoms with Crippen molar-refractivity contribution in [2.24, 2.45) is 0 Å². The topological polar surface area (TPSA) is 0 Å². The number of unbranched alkanes of at least 4 members (excludes halogenated alkanes) is 10. The van der Waals surface area contributed by atoms with Crippen LogP contribution in [0.15, 0.2) is 17.5 Å². The van der Waals surface area contributed by atoms with Crippen LogP contribution in [0.1, 0.15) is 82.4 Å².